The molecule has 0 radical (unpaired) electrons. The molecule has 1 aromatic heterocycles. The highest BCUT2D eigenvalue weighted by Gasteiger charge is 2.51. The van der Waals surface area contributed by atoms with Gasteiger partial charge in [-0.2, -0.15) is 0 Å². The fourth-order valence-electron chi connectivity index (χ4n) is 4.12. The number of amides is 1. The van der Waals surface area contributed by atoms with Crippen LogP contribution in [0.25, 0.3) is 11.3 Å². The van der Waals surface area contributed by atoms with Crippen LogP contribution >= 0.6 is 0 Å². The minimum atomic E-state index is -0.896. The number of benzene rings is 1. The van der Waals surface area contributed by atoms with Crippen molar-refractivity contribution in [2.24, 2.45) is 23.7 Å². The first-order valence-electron chi connectivity index (χ1n) is 8.42. The molecule has 1 saturated carbocycles. The maximum absolute atomic E-state index is 12.9. The van der Waals surface area contributed by atoms with Crippen LogP contribution in [0.2, 0.25) is 0 Å². The lowest BCUT2D eigenvalue weighted by atomic mass is 9.82. The van der Waals surface area contributed by atoms with Crippen LogP contribution < -0.4 is 5.32 Å². The van der Waals surface area contributed by atoms with Gasteiger partial charge in [-0.3, -0.25) is 9.59 Å². The Morgan fingerprint density at radius 1 is 1.08 bits per heavy atom. The van der Waals surface area contributed by atoms with Crippen molar-refractivity contribution in [3.63, 3.8) is 0 Å². The number of hydrogen-bond donors (Lipinski definition) is 2. The Morgan fingerprint density at radius 3 is 2.48 bits per heavy atom. The van der Waals surface area contributed by atoms with Gasteiger partial charge in [0.2, 0.25) is 5.91 Å². The molecule has 4 rings (SSSR count). The number of aliphatic carboxylic acids is 1. The summed E-state index contributed by atoms with van der Waals surface area (Å²) in [5, 5.41) is 12.5. The van der Waals surface area contributed by atoms with Crippen LogP contribution in [0.1, 0.15) is 12.2 Å². The van der Waals surface area contributed by atoms with Crippen molar-refractivity contribution in [3.05, 3.63) is 54.3 Å². The number of anilines is 1. The summed E-state index contributed by atoms with van der Waals surface area (Å²) in [5.74, 6) is -0.875. The van der Waals surface area contributed by atoms with Crippen LogP contribution in [0.4, 0.5) is 5.69 Å². The first-order valence-corrected chi connectivity index (χ1v) is 8.42. The van der Waals surface area contributed by atoms with Crippen LogP contribution in [-0.4, -0.2) is 17.0 Å². The summed E-state index contributed by atoms with van der Waals surface area (Å²) in [4.78, 5) is 24.5. The molecule has 128 valence electrons. The normalized spacial score (nSPS) is 26.8. The predicted octanol–water partition coefficient (Wildman–Crippen LogP) is 3.72. The molecule has 2 aliphatic carbocycles. The molecule has 1 fully saturated rings. The molecule has 5 heteroatoms. The lowest BCUT2D eigenvalue weighted by Gasteiger charge is -2.24. The number of carboxylic acid groups (broad SMARTS) is 1. The molecule has 2 bridgehead atoms. The number of carboxylic acids is 1. The van der Waals surface area contributed by atoms with Gasteiger partial charge in [-0.05, 0) is 49.4 Å². The topological polar surface area (TPSA) is 79.5 Å². The summed E-state index contributed by atoms with van der Waals surface area (Å²) in [6, 6.07) is 11.1. The lowest BCUT2D eigenvalue weighted by molar-refractivity contribution is -0.146. The number of carbonyl (C=O) groups is 2. The molecule has 25 heavy (non-hydrogen) atoms. The van der Waals surface area contributed by atoms with Crippen molar-refractivity contribution >= 4 is 17.6 Å². The molecular formula is C20H19NO4. The maximum Gasteiger partial charge on any atom is 0.307 e. The summed E-state index contributed by atoms with van der Waals surface area (Å²) < 4.78 is 5.67. The number of nitrogens with one attached hydrogen (secondary N) is 1. The van der Waals surface area contributed by atoms with Crippen LogP contribution in [0, 0.1) is 30.6 Å². The quantitative estimate of drug-likeness (QED) is 0.834. The highest BCUT2D eigenvalue weighted by molar-refractivity contribution is 5.99. The Hall–Kier alpha value is -2.82. The average Bonchev–Trinajstić information content (AvgIpc) is 3.30. The fourth-order valence-corrected chi connectivity index (χ4v) is 4.12. The van der Waals surface area contributed by atoms with E-state index in [9.17, 15) is 14.7 Å². The van der Waals surface area contributed by atoms with Gasteiger partial charge in [-0.25, -0.2) is 0 Å². The van der Waals surface area contributed by atoms with E-state index in [0.29, 0.717) is 11.4 Å². The SMILES string of the molecule is Cc1ccc(-c2ccccc2NC(=O)[C@H]2[C@H](C(=O)O)[C@@H]3C=C[C@H]2C3)o1. The van der Waals surface area contributed by atoms with E-state index in [1.165, 1.54) is 0 Å². The molecule has 1 heterocycles. The number of hydrogen-bond acceptors (Lipinski definition) is 3. The third-order valence-corrected chi connectivity index (χ3v) is 5.24. The second kappa shape index (κ2) is 5.92. The Kier molecular flexibility index (Phi) is 3.71. The van der Waals surface area contributed by atoms with Gasteiger partial charge in [0.25, 0.3) is 0 Å². The van der Waals surface area contributed by atoms with Crippen LogP contribution in [0.3, 0.4) is 0 Å². The average molecular weight is 337 g/mol. The van der Waals surface area contributed by atoms with Gasteiger partial charge in [0.1, 0.15) is 11.5 Å². The molecular weight excluding hydrogens is 318 g/mol. The third kappa shape index (κ3) is 2.65. The first kappa shape index (κ1) is 15.7. The molecule has 2 aromatic rings. The van der Waals surface area contributed by atoms with Crippen molar-refractivity contribution in [1.82, 2.24) is 0 Å². The van der Waals surface area contributed by atoms with E-state index in [2.05, 4.69) is 5.32 Å². The van der Waals surface area contributed by atoms with Gasteiger partial charge < -0.3 is 14.8 Å². The zero-order valence-electron chi connectivity index (χ0n) is 13.8. The number of para-hydroxylation sites is 1. The lowest BCUT2D eigenvalue weighted by Crippen LogP contribution is -2.36. The molecule has 4 atom stereocenters. The largest absolute Gasteiger partial charge is 0.481 e. The number of fused-ring (bicyclic) bond motifs is 2. The summed E-state index contributed by atoms with van der Waals surface area (Å²) in [5.41, 5.74) is 1.42. The molecule has 0 saturated heterocycles. The second-order valence-corrected chi connectivity index (χ2v) is 6.78. The number of carbonyl (C=O) groups excluding carboxylic acids is 1. The highest BCUT2D eigenvalue weighted by Crippen LogP contribution is 2.48. The number of allylic oxidation sites excluding steroid dienone is 2. The van der Waals surface area contributed by atoms with Gasteiger partial charge in [-0.1, -0.05) is 24.3 Å². The molecule has 0 spiro atoms. The van der Waals surface area contributed by atoms with Crippen molar-refractivity contribution in [1.29, 1.82) is 0 Å². The summed E-state index contributed by atoms with van der Waals surface area (Å²) in [6.45, 7) is 1.86. The zero-order chi connectivity index (χ0) is 17.6. The molecule has 1 amide bonds. The minimum Gasteiger partial charge on any atom is -0.481 e. The van der Waals surface area contributed by atoms with Gasteiger partial charge in [0.15, 0.2) is 0 Å². The molecule has 5 nitrogen and oxygen atoms in total. The number of rotatable bonds is 4. The number of aryl methyl sites for hydroxylation is 1. The summed E-state index contributed by atoms with van der Waals surface area (Å²) in [7, 11) is 0. The smallest absolute Gasteiger partial charge is 0.307 e. The molecule has 0 aliphatic heterocycles. The van der Waals surface area contributed by atoms with Crippen molar-refractivity contribution in [2.75, 3.05) is 5.32 Å². The van der Waals surface area contributed by atoms with E-state index in [1.807, 2.05) is 55.5 Å². The Morgan fingerprint density at radius 2 is 1.80 bits per heavy atom. The van der Waals surface area contributed by atoms with Crippen molar-refractivity contribution in [2.45, 2.75) is 13.3 Å². The third-order valence-electron chi connectivity index (χ3n) is 5.24. The van der Waals surface area contributed by atoms with Gasteiger partial charge in [-0.15, -0.1) is 0 Å². The first-order chi connectivity index (χ1) is 12.0. The molecule has 0 unspecified atom stereocenters. The standard InChI is InChI=1S/C20H19NO4/c1-11-6-9-16(25-11)14-4-2-3-5-15(14)21-19(22)17-12-7-8-13(10-12)18(17)20(23)24/h2-9,12-13,17-18H,10H2,1H3,(H,21,22)(H,23,24)/t12-,13+,17+,18+/m0/s1. The van der Waals surface area contributed by atoms with Crippen LogP contribution in [0.15, 0.2) is 53.0 Å². The van der Waals surface area contributed by atoms with Crippen molar-refractivity contribution < 1.29 is 19.1 Å². The van der Waals surface area contributed by atoms with Gasteiger partial charge in [0.05, 0.1) is 17.5 Å². The van der Waals surface area contributed by atoms with Crippen LogP contribution in [-0.2, 0) is 9.59 Å². The van der Waals surface area contributed by atoms with E-state index >= 15 is 0 Å². The van der Waals surface area contributed by atoms with Gasteiger partial charge >= 0.3 is 5.97 Å². The van der Waals surface area contributed by atoms with E-state index in [0.717, 1.165) is 17.7 Å². The summed E-state index contributed by atoms with van der Waals surface area (Å²) >= 11 is 0. The van der Waals surface area contributed by atoms with Crippen LogP contribution in [0.5, 0.6) is 0 Å². The molecule has 2 N–H and O–H groups in total. The predicted molar refractivity (Wildman–Crippen MR) is 92.9 cm³/mol. The highest BCUT2D eigenvalue weighted by atomic mass is 16.4. The Labute approximate surface area is 145 Å². The van der Waals surface area contributed by atoms with E-state index in [4.69, 9.17) is 4.42 Å². The monoisotopic (exact) mass is 337 g/mol. The maximum atomic E-state index is 12.9. The zero-order valence-corrected chi connectivity index (χ0v) is 13.8. The number of furan rings is 1. The Bertz CT molecular complexity index is 866. The molecule has 1 aromatic carbocycles. The van der Waals surface area contributed by atoms with Crippen molar-refractivity contribution in [3.8, 4) is 11.3 Å². The van der Waals surface area contributed by atoms with E-state index in [1.54, 1.807) is 0 Å². The van der Waals surface area contributed by atoms with E-state index in [-0.39, 0.29) is 17.7 Å². The Balaban J connectivity index is 1.62. The van der Waals surface area contributed by atoms with E-state index < -0.39 is 17.8 Å². The molecule has 2 aliphatic rings. The van der Waals surface area contributed by atoms with Gasteiger partial charge in [0, 0.05) is 5.56 Å². The minimum absolute atomic E-state index is 0.00381. The fraction of sp³-hybridized carbons (Fsp3) is 0.300. The summed E-state index contributed by atoms with van der Waals surface area (Å²) in [6.07, 6.45) is 4.66. The second-order valence-electron chi connectivity index (χ2n) is 6.78.